The second kappa shape index (κ2) is 10.1. The number of nitrogens with zero attached hydrogens (tertiary/aromatic N) is 3. The van der Waals surface area contributed by atoms with E-state index in [1.54, 1.807) is 33.1 Å². The summed E-state index contributed by atoms with van der Waals surface area (Å²) in [7, 11) is 3.62. The van der Waals surface area contributed by atoms with Crippen LogP contribution >= 0.6 is 0 Å². The van der Waals surface area contributed by atoms with Crippen LogP contribution in [0.3, 0.4) is 0 Å². The van der Waals surface area contributed by atoms with E-state index in [1.807, 2.05) is 6.92 Å². The van der Waals surface area contributed by atoms with Crippen LogP contribution in [0.2, 0.25) is 0 Å². The number of halogens is 4. The van der Waals surface area contributed by atoms with E-state index >= 15 is 0 Å². The van der Waals surface area contributed by atoms with Crippen molar-refractivity contribution in [1.29, 1.82) is 0 Å². The Kier molecular flexibility index (Phi) is 7.26. The highest BCUT2D eigenvalue weighted by atomic mass is 19.4. The molecular weight excluding hydrogens is 476 g/mol. The Balaban J connectivity index is 1.71. The van der Waals surface area contributed by atoms with Gasteiger partial charge in [0.2, 0.25) is 0 Å². The minimum absolute atomic E-state index is 0.107. The summed E-state index contributed by atoms with van der Waals surface area (Å²) >= 11 is 0. The number of aromatic nitrogens is 2. The van der Waals surface area contributed by atoms with Crippen LogP contribution < -0.4 is 14.8 Å². The molecule has 1 saturated heterocycles. The van der Waals surface area contributed by atoms with Gasteiger partial charge in [-0.2, -0.15) is 13.2 Å². The molecule has 1 aliphatic rings. The van der Waals surface area contributed by atoms with Gasteiger partial charge in [0.15, 0.2) is 11.5 Å². The summed E-state index contributed by atoms with van der Waals surface area (Å²) in [6.45, 7) is 6.31. The first-order valence-electron chi connectivity index (χ1n) is 11.8. The number of nitrogens with one attached hydrogen (secondary N) is 1. The molecule has 0 bridgehead atoms. The molecule has 0 saturated carbocycles. The van der Waals surface area contributed by atoms with Gasteiger partial charge >= 0.3 is 6.18 Å². The van der Waals surface area contributed by atoms with Crippen molar-refractivity contribution in [1.82, 2.24) is 14.9 Å². The number of likely N-dealkylation sites (N-methyl/N-ethyl adjacent to an activating group) is 1. The first-order chi connectivity index (χ1) is 17.0. The fourth-order valence-corrected chi connectivity index (χ4v) is 4.81. The summed E-state index contributed by atoms with van der Waals surface area (Å²) in [6, 6.07) is 6.22. The van der Waals surface area contributed by atoms with Crippen molar-refractivity contribution in [2.24, 2.45) is 0 Å². The van der Waals surface area contributed by atoms with Gasteiger partial charge in [-0.3, -0.25) is 4.90 Å². The molecule has 3 atom stereocenters. The molecule has 194 valence electrons. The summed E-state index contributed by atoms with van der Waals surface area (Å²) in [5.74, 6) is 0.515. The van der Waals surface area contributed by atoms with Gasteiger partial charge in [-0.15, -0.1) is 0 Å². The lowest BCUT2D eigenvalue weighted by atomic mass is 10.0. The third-order valence-electron chi connectivity index (χ3n) is 6.68. The molecule has 4 rings (SSSR count). The van der Waals surface area contributed by atoms with Gasteiger partial charge in [-0.05, 0) is 59.3 Å². The van der Waals surface area contributed by atoms with Crippen LogP contribution in [0.25, 0.3) is 10.9 Å². The maximum absolute atomic E-state index is 14.8. The van der Waals surface area contributed by atoms with Crippen molar-refractivity contribution in [2.75, 3.05) is 26.0 Å². The Labute approximate surface area is 207 Å². The maximum Gasteiger partial charge on any atom is 0.419 e. The second-order valence-electron chi connectivity index (χ2n) is 9.23. The second-order valence-corrected chi connectivity index (χ2v) is 9.23. The van der Waals surface area contributed by atoms with E-state index in [0.29, 0.717) is 34.0 Å². The molecule has 1 N–H and O–H groups in total. The van der Waals surface area contributed by atoms with Crippen molar-refractivity contribution in [3.63, 3.8) is 0 Å². The predicted molar refractivity (Wildman–Crippen MR) is 130 cm³/mol. The molecular formula is C26H30F4N4O2. The molecule has 10 heteroatoms. The Bertz CT molecular complexity index is 1250. The number of benzene rings is 2. The average Bonchev–Trinajstić information content (AvgIpc) is 3.24. The number of likely N-dealkylation sites (tertiary alicyclic amines) is 1. The van der Waals surface area contributed by atoms with Crippen molar-refractivity contribution in [3.8, 4) is 11.5 Å². The number of anilines is 1. The van der Waals surface area contributed by atoms with E-state index in [1.165, 1.54) is 12.1 Å². The molecule has 1 fully saturated rings. The number of hydrogen-bond donors (Lipinski definition) is 1. The molecule has 1 aliphatic heterocycles. The molecule has 0 aliphatic carbocycles. The minimum Gasteiger partial charge on any atom is -0.493 e. The zero-order valence-corrected chi connectivity index (χ0v) is 20.9. The van der Waals surface area contributed by atoms with E-state index in [9.17, 15) is 17.6 Å². The number of methoxy groups -OCH3 is 1. The molecule has 0 spiro atoms. The van der Waals surface area contributed by atoms with Gasteiger partial charge < -0.3 is 14.8 Å². The van der Waals surface area contributed by atoms with Crippen molar-refractivity contribution >= 4 is 16.7 Å². The van der Waals surface area contributed by atoms with E-state index in [0.717, 1.165) is 25.5 Å². The quantitative estimate of drug-likeness (QED) is 0.389. The number of rotatable bonds is 7. The van der Waals surface area contributed by atoms with Crippen LogP contribution in [0.15, 0.2) is 30.3 Å². The van der Waals surface area contributed by atoms with Gasteiger partial charge in [-0.25, -0.2) is 14.4 Å². The van der Waals surface area contributed by atoms with Crippen molar-refractivity contribution in [2.45, 2.75) is 58.0 Å². The Morgan fingerprint density at radius 3 is 2.53 bits per heavy atom. The summed E-state index contributed by atoms with van der Waals surface area (Å²) in [6.07, 6.45) is -2.76. The summed E-state index contributed by atoms with van der Waals surface area (Å²) in [5.41, 5.74) is -0.850. The van der Waals surface area contributed by atoms with Crippen LogP contribution in [-0.4, -0.2) is 47.7 Å². The number of ether oxygens (including phenoxy) is 2. The minimum atomic E-state index is -4.79. The lowest BCUT2D eigenvalue weighted by Crippen LogP contribution is -2.38. The third kappa shape index (κ3) is 5.18. The number of hydrogen-bond acceptors (Lipinski definition) is 6. The molecule has 0 amide bonds. The van der Waals surface area contributed by atoms with Crippen LogP contribution in [0.1, 0.15) is 49.7 Å². The van der Waals surface area contributed by atoms with Crippen molar-refractivity contribution in [3.05, 3.63) is 53.1 Å². The van der Waals surface area contributed by atoms with E-state index in [4.69, 9.17) is 9.47 Å². The van der Waals surface area contributed by atoms with Crippen LogP contribution in [-0.2, 0) is 6.18 Å². The lowest BCUT2D eigenvalue weighted by Gasteiger charge is -2.27. The van der Waals surface area contributed by atoms with E-state index in [2.05, 4.69) is 27.2 Å². The molecule has 2 aromatic carbocycles. The SMILES string of the molecule is COc1cc2nc(C)nc(N[C@H](C)c3cccc(C(F)(F)F)c3F)c2cc1O[C@H](C)[C@@H]1CCCN1C. The first-order valence-corrected chi connectivity index (χ1v) is 11.8. The fraction of sp³-hybridized carbons (Fsp3) is 0.462. The van der Waals surface area contributed by atoms with Gasteiger partial charge in [0.1, 0.15) is 23.6 Å². The normalized spacial score (nSPS) is 18.3. The van der Waals surface area contributed by atoms with E-state index < -0.39 is 23.6 Å². The van der Waals surface area contributed by atoms with Crippen LogP contribution in [0, 0.1) is 12.7 Å². The van der Waals surface area contributed by atoms with Gasteiger partial charge in [0, 0.05) is 23.1 Å². The highest BCUT2D eigenvalue weighted by Gasteiger charge is 2.35. The molecule has 0 radical (unpaired) electrons. The summed E-state index contributed by atoms with van der Waals surface area (Å²) in [5, 5.41) is 3.66. The molecule has 3 aromatic rings. The van der Waals surface area contributed by atoms with Gasteiger partial charge in [-0.1, -0.05) is 12.1 Å². The highest BCUT2D eigenvalue weighted by molar-refractivity contribution is 5.92. The predicted octanol–water partition coefficient (Wildman–Crippen LogP) is 6.14. The zero-order chi connectivity index (χ0) is 26.2. The lowest BCUT2D eigenvalue weighted by molar-refractivity contribution is -0.140. The largest absolute Gasteiger partial charge is 0.493 e. The summed E-state index contributed by atoms with van der Waals surface area (Å²) in [4.78, 5) is 11.2. The van der Waals surface area contributed by atoms with Crippen LogP contribution in [0.4, 0.5) is 23.4 Å². The molecule has 1 aromatic heterocycles. The Hall–Kier alpha value is -3.14. The number of fused-ring (bicyclic) bond motifs is 1. The molecule has 6 nitrogen and oxygen atoms in total. The molecule has 2 heterocycles. The smallest absolute Gasteiger partial charge is 0.419 e. The van der Waals surface area contributed by atoms with E-state index in [-0.39, 0.29) is 17.7 Å². The highest BCUT2D eigenvalue weighted by Crippen LogP contribution is 2.38. The fourth-order valence-electron chi connectivity index (χ4n) is 4.81. The monoisotopic (exact) mass is 506 g/mol. The van der Waals surface area contributed by atoms with Crippen molar-refractivity contribution < 1.29 is 27.0 Å². The first kappa shape index (κ1) is 25.9. The molecule has 0 unspecified atom stereocenters. The molecule has 36 heavy (non-hydrogen) atoms. The number of alkyl halides is 3. The average molecular weight is 507 g/mol. The maximum atomic E-state index is 14.8. The Morgan fingerprint density at radius 1 is 1.14 bits per heavy atom. The van der Waals surface area contributed by atoms with Gasteiger partial charge in [0.05, 0.1) is 24.2 Å². The Morgan fingerprint density at radius 2 is 1.89 bits per heavy atom. The third-order valence-corrected chi connectivity index (χ3v) is 6.68. The zero-order valence-electron chi connectivity index (χ0n) is 20.9. The summed E-state index contributed by atoms with van der Waals surface area (Å²) < 4.78 is 66.3. The number of aryl methyl sites for hydroxylation is 1. The van der Waals surface area contributed by atoms with Crippen LogP contribution in [0.5, 0.6) is 11.5 Å². The topological polar surface area (TPSA) is 59.5 Å². The standard InChI is InChI=1S/C26H30F4N4O2/c1-14(17-8-6-9-19(24(17)27)26(28,29)30)31-25-18-12-23(36-15(2)21-10-7-11-34(21)4)22(35-5)13-20(18)32-16(3)33-25/h6,8-9,12-15,21H,7,10-11H2,1-5H3,(H,31,32,33)/t14-,15-,21+/m1/s1. The van der Waals surface area contributed by atoms with Gasteiger partial charge in [0.25, 0.3) is 0 Å².